The number of hydrogen-bond acceptors (Lipinski definition) is 4. The van der Waals surface area contributed by atoms with Crippen LogP contribution in [0.2, 0.25) is 0 Å². The van der Waals surface area contributed by atoms with E-state index >= 15 is 0 Å². The van der Waals surface area contributed by atoms with Crippen molar-refractivity contribution in [2.45, 2.75) is 52.4 Å². The minimum Gasteiger partial charge on any atom is -0.376 e. The molecule has 1 saturated heterocycles. The molecule has 4 aromatic rings. The number of amides is 3. The number of hydrogen-bond donors (Lipinski definition) is 3. The van der Waals surface area contributed by atoms with Crippen molar-refractivity contribution in [2.75, 3.05) is 35.6 Å². The van der Waals surface area contributed by atoms with E-state index < -0.39 is 0 Å². The fourth-order valence-electron chi connectivity index (χ4n) is 5.35. The second-order valence-electron chi connectivity index (χ2n) is 12.4. The van der Waals surface area contributed by atoms with E-state index in [4.69, 9.17) is 5.10 Å². The molecule has 0 bridgehead atoms. The summed E-state index contributed by atoms with van der Waals surface area (Å²) in [6.07, 6.45) is 2.71. The third-order valence-electron chi connectivity index (χ3n) is 7.96. The Morgan fingerprint density at radius 3 is 2.26 bits per heavy atom. The van der Waals surface area contributed by atoms with Crippen molar-refractivity contribution in [1.82, 2.24) is 14.7 Å². The SMILES string of the molecule is Cc1ccc(-n2nc(C(C)(C)C)cc2NC(=O)Nc2ccccc2CC2CCN(C(=O)CNc3ccccc3)CC2)cc1. The number of para-hydroxylation sites is 2. The Balaban J connectivity index is 1.19. The van der Waals surface area contributed by atoms with Crippen molar-refractivity contribution in [3.63, 3.8) is 0 Å². The molecule has 1 aromatic heterocycles. The van der Waals surface area contributed by atoms with Crippen molar-refractivity contribution in [3.8, 4) is 5.69 Å². The molecule has 1 aliphatic rings. The fourth-order valence-corrected chi connectivity index (χ4v) is 5.35. The largest absolute Gasteiger partial charge is 0.376 e. The van der Waals surface area contributed by atoms with Crippen LogP contribution in [0, 0.1) is 12.8 Å². The molecule has 0 spiro atoms. The van der Waals surface area contributed by atoms with Gasteiger partial charge in [0, 0.05) is 35.9 Å². The maximum atomic E-state index is 13.3. The third kappa shape index (κ3) is 7.83. The van der Waals surface area contributed by atoms with Crippen molar-refractivity contribution in [3.05, 3.63) is 102 Å². The number of anilines is 3. The van der Waals surface area contributed by atoms with Crippen LogP contribution in [0.25, 0.3) is 5.69 Å². The van der Waals surface area contributed by atoms with Crippen LogP contribution in [0.5, 0.6) is 0 Å². The van der Waals surface area contributed by atoms with Gasteiger partial charge in [0.05, 0.1) is 17.9 Å². The monoisotopic (exact) mass is 578 g/mol. The molecule has 3 aromatic carbocycles. The normalized spacial score (nSPS) is 13.9. The second-order valence-corrected chi connectivity index (χ2v) is 12.4. The van der Waals surface area contributed by atoms with E-state index in [0.29, 0.717) is 18.3 Å². The summed E-state index contributed by atoms with van der Waals surface area (Å²) in [5.41, 5.74) is 5.61. The van der Waals surface area contributed by atoms with E-state index in [1.54, 1.807) is 4.68 Å². The lowest BCUT2D eigenvalue weighted by molar-refractivity contribution is -0.130. The number of piperidine rings is 1. The zero-order valence-corrected chi connectivity index (χ0v) is 25.6. The number of carbonyl (C=O) groups excluding carboxylic acids is 2. The first kappa shape index (κ1) is 29.9. The molecule has 1 aliphatic heterocycles. The van der Waals surface area contributed by atoms with Crippen molar-refractivity contribution in [1.29, 1.82) is 0 Å². The van der Waals surface area contributed by atoms with Crippen molar-refractivity contribution >= 4 is 29.1 Å². The summed E-state index contributed by atoms with van der Waals surface area (Å²) in [4.78, 5) is 28.0. The van der Waals surface area contributed by atoms with E-state index in [1.165, 1.54) is 0 Å². The summed E-state index contributed by atoms with van der Waals surface area (Å²) in [6.45, 7) is 10.2. The van der Waals surface area contributed by atoms with Gasteiger partial charge in [0.2, 0.25) is 5.91 Å². The van der Waals surface area contributed by atoms with Crippen LogP contribution < -0.4 is 16.0 Å². The summed E-state index contributed by atoms with van der Waals surface area (Å²) in [5.74, 6) is 1.18. The van der Waals surface area contributed by atoms with Gasteiger partial charge in [0.25, 0.3) is 0 Å². The van der Waals surface area contributed by atoms with Gasteiger partial charge in [-0.2, -0.15) is 5.10 Å². The maximum Gasteiger partial charge on any atom is 0.324 e. The van der Waals surface area contributed by atoms with E-state index in [-0.39, 0.29) is 17.4 Å². The lowest BCUT2D eigenvalue weighted by Gasteiger charge is -2.32. The highest BCUT2D eigenvalue weighted by atomic mass is 16.2. The topological polar surface area (TPSA) is 91.3 Å². The third-order valence-corrected chi connectivity index (χ3v) is 7.96. The Morgan fingerprint density at radius 1 is 0.884 bits per heavy atom. The highest BCUT2D eigenvalue weighted by Crippen LogP contribution is 2.28. The molecule has 8 heteroatoms. The average Bonchev–Trinajstić information content (AvgIpc) is 3.42. The number of carbonyl (C=O) groups is 2. The molecule has 1 fully saturated rings. The molecule has 224 valence electrons. The van der Waals surface area contributed by atoms with Gasteiger partial charge in [-0.25, -0.2) is 9.48 Å². The predicted molar refractivity (Wildman–Crippen MR) is 174 cm³/mol. The predicted octanol–water partition coefficient (Wildman–Crippen LogP) is 7.02. The van der Waals surface area contributed by atoms with Gasteiger partial charge in [-0.1, -0.05) is 74.9 Å². The Bertz CT molecular complexity index is 1530. The van der Waals surface area contributed by atoms with Gasteiger partial charge in [-0.15, -0.1) is 0 Å². The van der Waals surface area contributed by atoms with Gasteiger partial charge in [0.1, 0.15) is 5.82 Å². The molecule has 3 N–H and O–H groups in total. The van der Waals surface area contributed by atoms with Crippen LogP contribution in [0.1, 0.15) is 50.4 Å². The van der Waals surface area contributed by atoms with Crippen molar-refractivity contribution in [2.24, 2.45) is 5.92 Å². The maximum absolute atomic E-state index is 13.3. The molecule has 0 radical (unpaired) electrons. The summed E-state index contributed by atoms with van der Waals surface area (Å²) in [5, 5.41) is 14.2. The molecule has 43 heavy (non-hydrogen) atoms. The summed E-state index contributed by atoms with van der Waals surface area (Å²) in [6, 6.07) is 27.5. The number of nitrogens with one attached hydrogen (secondary N) is 3. The first-order chi connectivity index (χ1) is 20.7. The lowest BCUT2D eigenvalue weighted by atomic mass is 9.89. The van der Waals surface area contributed by atoms with Crippen LogP contribution in [0.4, 0.5) is 22.0 Å². The van der Waals surface area contributed by atoms with Crippen LogP contribution in [-0.4, -0.2) is 46.3 Å². The average molecular weight is 579 g/mol. The molecule has 0 aliphatic carbocycles. The highest BCUT2D eigenvalue weighted by molar-refractivity contribution is 6.00. The van der Waals surface area contributed by atoms with Gasteiger partial charge in [0.15, 0.2) is 0 Å². The standard InChI is InChI=1S/C35H42N6O2/c1-25-14-16-29(17-15-25)41-32(23-31(39-41)35(2,3)4)38-34(43)37-30-13-9-8-10-27(30)22-26-18-20-40(21-19-26)33(42)24-36-28-11-6-5-7-12-28/h5-17,23,26,36H,18-22,24H2,1-4H3,(H2,37,38,43). The molecular weight excluding hydrogens is 536 g/mol. The minimum atomic E-state index is -0.312. The first-order valence-electron chi connectivity index (χ1n) is 15.1. The number of aryl methyl sites for hydroxylation is 1. The number of benzene rings is 3. The number of aromatic nitrogens is 2. The number of rotatable bonds is 8. The summed E-state index contributed by atoms with van der Waals surface area (Å²) < 4.78 is 1.79. The van der Waals surface area contributed by atoms with Gasteiger partial charge >= 0.3 is 6.03 Å². The molecule has 0 saturated carbocycles. The fraction of sp³-hybridized carbons (Fsp3) is 0.343. The van der Waals surface area contributed by atoms with E-state index in [9.17, 15) is 9.59 Å². The zero-order valence-electron chi connectivity index (χ0n) is 25.6. The van der Waals surface area contributed by atoms with Crippen LogP contribution >= 0.6 is 0 Å². The molecule has 5 rings (SSSR count). The number of nitrogens with zero attached hydrogens (tertiary/aromatic N) is 3. The lowest BCUT2D eigenvalue weighted by Crippen LogP contribution is -2.41. The number of likely N-dealkylation sites (tertiary alicyclic amines) is 1. The number of urea groups is 1. The molecule has 0 unspecified atom stereocenters. The van der Waals surface area contributed by atoms with Gasteiger partial charge < -0.3 is 15.5 Å². The first-order valence-corrected chi connectivity index (χ1v) is 15.1. The van der Waals surface area contributed by atoms with E-state index in [1.807, 2.05) is 90.7 Å². The van der Waals surface area contributed by atoms with Gasteiger partial charge in [-0.05, 0) is 68.0 Å². The Morgan fingerprint density at radius 2 is 1.56 bits per heavy atom. The highest BCUT2D eigenvalue weighted by Gasteiger charge is 2.24. The Hall–Kier alpha value is -4.59. The van der Waals surface area contributed by atoms with Gasteiger partial charge in [-0.3, -0.25) is 10.1 Å². The summed E-state index contributed by atoms with van der Waals surface area (Å²) in [7, 11) is 0. The quantitative estimate of drug-likeness (QED) is 0.210. The second kappa shape index (κ2) is 13.2. The Kier molecular flexibility index (Phi) is 9.14. The summed E-state index contributed by atoms with van der Waals surface area (Å²) >= 11 is 0. The van der Waals surface area contributed by atoms with Crippen LogP contribution in [-0.2, 0) is 16.6 Å². The molecule has 0 atom stereocenters. The molecule has 3 amide bonds. The smallest absolute Gasteiger partial charge is 0.324 e. The van der Waals surface area contributed by atoms with E-state index in [0.717, 1.165) is 66.2 Å². The van der Waals surface area contributed by atoms with Crippen LogP contribution in [0.15, 0.2) is 84.9 Å². The minimum absolute atomic E-state index is 0.125. The molecule has 2 heterocycles. The zero-order chi connectivity index (χ0) is 30.4. The molecular formula is C35H42N6O2. The Labute approximate surface area is 254 Å². The van der Waals surface area contributed by atoms with Crippen molar-refractivity contribution < 1.29 is 9.59 Å². The molecule has 8 nitrogen and oxygen atoms in total. The van der Waals surface area contributed by atoms with Crippen LogP contribution in [0.3, 0.4) is 0 Å². The van der Waals surface area contributed by atoms with E-state index in [2.05, 4.69) is 42.8 Å².